The molecular formula is C23H24O2. The summed E-state index contributed by atoms with van der Waals surface area (Å²) < 4.78 is 0. The molecule has 2 heteroatoms. The lowest BCUT2D eigenvalue weighted by Gasteiger charge is -2.38. The van der Waals surface area contributed by atoms with Crippen molar-refractivity contribution in [2.75, 3.05) is 0 Å². The van der Waals surface area contributed by atoms with Gasteiger partial charge in [0.2, 0.25) is 0 Å². The van der Waals surface area contributed by atoms with Crippen LogP contribution in [0.1, 0.15) is 44.1 Å². The Hall–Kier alpha value is -2.19. The minimum atomic E-state index is -0.807. The van der Waals surface area contributed by atoms with Crippen LogP contribution in [0.15, 0.2) is 60.2 Å². The molecule has 1 N–H and O–H groups in total. The topological polar surface area (TPSA) is 37.3 Å². The molecule has 128 valence electrons. The molecule has 2 aromatic rings. The van der Waals surface area contributed by atoms with Gasteiger partial charge in [-0.3, -0.25) is 4.79 Å². The van der Waals surface area contributed by atoms with Crippen molar-refractivity contribution in [1.29, 1.82) is 0 Å². The highest BCUT2D eigenvalue weighted by molar-refractivity contribution is 5.85. The molecular weight excluding hydrogens is 308 g/mol. The third-order valence-electron chi connectivity index (χ3n) is 5.94. The van der Waals surface area contributed by atoms with Crippen LogP contribution >= 0.6 is 0 Å². The lowest BCUT2D eigenvalue weighted by molar-refractivity contribution is -0.136. The van der Waals surface area contributed by atoms with Gasteiger partial charge in [-0.2, -0.15) is 0 Å². The van der Waals surface area contributed by atoms with E-state index in [1.165, 1.54) is 16.7 Å². The molecule has 0 heterocycles. The van der Waals surface area contributed by atoms with Gasteiger partial charge in [0.05, 0.1) is 0 Å². The Bertz CT molecular complexity index is 789. The first kappa shape index (κ1) is 16.3. The monoisotopic (exact) mass is 332 g/mol. The minimum absolute atomic E-state index is 0.0264. The first-order chi connectivity index (χ1) is 12.2. The van der Waals surface area contributed by atoms with Crippen LogP contribution in [0.25, 0.3) is 17.2 Å². The smallest absolute Gasteiger partial charge is 0.162 e. The number of carbonyl (C=O) groups excluding carboxylic acids is 1. The van der Waals surface area contributed by atoms with E-state index >= 15 is 0 Å². The van der Waals surface area contributed by atoms with E-state index in [1.54, 1.807) is 0 Å². The van der Waals surface area contributed by atoms with Crippen LogP contribution in [-0.2, 0) is 4.79 Å². The van der Waals surface area contributed by atoms with E-state index < -0.39 is 6.10 Å². The average molecular weight is 332 g/mol. The lowest BCUT2D eigenvalue weighted by Crippen LogP contribution is -2.43. The molecule has 2 aromatic carbocycles. The van der Waals surface area contributed by atoms with Gasteiger partial charge in [-0.15, -0.1) is 0 Å². The number of hydrogen-bond donors (Lipinski definition) is 1. The molecule has 0 saturated heterocycles. The summed E-state index contributed by atoms with van der Waals surface area (Å²) in [5.74, 6) is 0.0264. The van der Waals surface area contributed by atoms with Crippen LogP contribution in [0.4, 0.5) is 0 Å². The molecule has 2 fully saturated rings. The molecule has 2 aliphatic carbocycles. The van der Waals surface area contributed by atoms with Gasteiger partial charge in [0, 0.05) is 11.8 Å². The molecule has 0 unspecified atom stereocenters. The normalized spacial score (nSPS) is 28.0. The molecule has 2 aliphatic rings. The van der Waals surface area contributed by atoms with Crippen molar-refractivity contribution in [3.63, 3.8) is 0 Å². The van der Waals surface area contributed by atoms with Crippen LogP contribution in [-0.4, -0.2) is 17.0 Å². The molecule has 2 nitrogen and oxygen atoms in total. The fraction of sp³-hybridized carbons (Fsp3) is 0.348. The Balaban J connectivity index is 1.63. The van der Waals surface area contributed by atoms with Gasteiger partial charge in [-0.1, -0.05) is 66.2 Å². The SMILES string of the molecule is O=C1CCC[C@]2(CCC/C2=C\c2ccc(-c3ccccc3)cc2)[C@@H]1O. The first-order valence-corrected chi connectivity index (χ1v) is 9.26. The maximum atomic E-state index is 12.1. The van der Waals surface area contributed by atoms with Gasteiger partial charge in [0.1, 0.15) is 6.10 Å². The Morgan fingerprint density at radius 2 is 1.52 bits per heavy atom. The Morgan fingerprint density at radius 1 is 0.880 bits per heavy atom. The minimum Gasteiger partial charge on any atom is -0.384 e. The number of aliphatic hydroxyl groups is 1. The zero-order chi connectivity index (χ0) is 17.3. The van der Waals surface area contributed by atoms with E-state index in [4.69, 9.17) is 0 Å². The van der Waals surface area contributed by atoms with E-state index in [0.29, 0.717) is 6.42 Å². The molecule has 0 aliphatic heterocycles. The zero-order valence-electron chi connectivity index (χ0n) is 14.4. The van der Waals surface area contributed by atoms with Crippen molar-refractivity contribution in [3.8, 4) is 11.1 Å². The standard InChI is InChI=1S/C23H24O2/c24-21-9-5-15-23(22(21)25)14-4-8-20(23)16-17-10-12-19(13-11-17)18-6-2-1-3-7-18/h1-3,6-7,10-13,16,22,25H,4-5,8-9,14-15H2/b20-16+/t22-,23+/m1/s1. The second-order valence-electron chi connectivity index (χ2n) is 7.39. The van der Waals surface area contributed by atoms with Gasteiger partial charge in [0.15, 0.2) is 5.78 Å². The molecule has 2 atom stereocenters. The summed E-state index contributed by atoms with van der Waals surface area (Å²) in [6.45, 7) is 0. The summed E-state index contributed by atoms with van der Waals surface area (Å²) in [5, 5.41) is 10.6. The lowest BCUT2D eigenvalue weighted by atomic mass is 9.67. The highest BCUT2D eigenvalue weighted by Gasteiger charge is 2.48. The van der Waals surface area contributed by atoms with E-state index in [2.05, 4.69) is 54.6 Å². The highest BCUT2D eigenvalue weighted by atomic mass is 16.3. The second-order valence-corrected chi connectivity index (χ2v) is 7.39. The maximum absolute atomic E-state index is 12.1. The fourth-order valence-electron chi connectivity index (χ4n) is 4.58. The summed E-state index contributed by atoms with van der Waals surface area (Å²) in [5.41, 5.74) is 4.54. The van der Waals surface area contributed by atoms with Gasteiger partial charge in [-0.05, 0) is 48.8 Å². The number of aliphatic hydroxyl groups excluding tert-OH is 1. The summed E-state index contributed by atoms with van der Waals surface area (Å²) in [4.78, 5) is 12.1. The number of ketones is 1. The van der Waals surface area contributed by atoms with Gasteiger partial charge >= 0.3 is 0 Å². The number of rotatable bonds is 2. The molecule has 4 rings (SSSR count). The third kappa shape index (κ3) is 2.96. The van der Waals surface area contributed by atoms with E-state index in [0.717, 1.165) is 37.7 Å². The Kier molecular flexibility index (Phi) is 4.30. The summed E-state index contributed by atoms with van der Waals surface area (Å²) in [6.07, 6.45) is 6.77. The van der Waals surface area contributed by atoms with Gasteiger partial charge in [-0.25, -0.2) is 0 Å². The Labute approximate surface area is 149 Å². The van der Waals surface area contributed by atoms with E-state index in [1.807, 2.05) is 6.07 Å². The number of hydrogen-bond acceptors (Lipinski definition) is 2. The predicted molar refractivity (Wildman–Crippen MR) is 101 cm³/mol. The molecule has 0 aromatic heterocycles. The first-order valence-electron chi connectivity index (χ1n) is 9.26. The summed E-state index contributed by atoms with van der Waals surface area (Å²) >= 11 is 0. The molecule has 0 amide bonds. The number of carbonyl (C=O) groups is 1. The maximum Gasteiger partial charge on any atom is 0.162 e. The van der Waals surface area contributed by atoms with Crippen molar-refractivity contribution in [3.05, 3.63) is 65.7 Å². The van der Waals surface area contributed by atoms with E-state index in [-0.39, 0.29) is 11.2 Å². The van der Waals surface area contributed by atoms with Crippen LogP contribution in [0.2, 0.25) is 0 Å². The van der Waals surface area contributed by atoms with Crippen molar-refractivity contribution in [2.24, 2.45) is 5.41 Å². The zero-order valence-corrected chi connectivity index (χ0v) is 14.4. The third-order valence-corrected chi connectivity index (χ3v) is 5.94. The molecule has 2 saturated carbocycles. The molecule has 0 radical (unpaired) electrons. The average Bonchev–Trinajstić information content (AvgIpc) is 3.04. The quantitative estimate of drug-likeness (QED) is 0.838. The Morgan fingerprint density at radius 3 is 2.24 bits per heavy atom. The number of benzene rings is 2. The molecule has 25 heavy (non-hydrogen) atoms. The largest absolute Gasteiger partial charge is 0.384 e. The summed E-state index contributed by atoms with van der Waals surface area (Å²) in [6, 6.07) is 18.9. The van der Waals surface area contributed by atoms with Crippen molar-refractivity contribution >= 4 is 11.9 Å². The summed E-state index contributed by atoms with van der Waals surface area (Å²) in [7, 11) is 0. The van der Waals surface area contributed by atoms with Crippen LogP contribution in [0.5, 0.6) is 0 Å². The predicted octanol–water partition coefficient (Wildman–Crippen LogP) is 5.02. The molecule has 0 bridgehead atoms. The van der Waals surface area contributed by atoms with Crippen molar-refractivity contribution < 1.29 is 9.90 Å². The van der Waals surface area contributed by atoms with Gasteiger partial charge < -0.3 is 5.11 Å². The van der Waals surface area contributed by atoms with E-state index in [9.17, 15) is 9.90 Å². The van der Waals surface area contributed by atoms with Crippen LogP contribution < -0.4 is 0 Å². The highest BCUT2D eigenvalue weighted by Crippen LogP contribution is 2.52. The van der Waals surface area contributed by atoms with Crippen molar-refractivity contribution in [1.82, 2.24) is 0 Å². The van der Waals surface area contributed by atoms with Crippen LogP contribution in [0, 0.1) is 5.41 Å². The van der Waals surface area contributed by atoms with Gasteiger partial charge in [0.25, 0.3) is 0 Å². The molecule has 1 spiro atoms. The number of Topliss-reactive ketones (excluding diaryl/α,β-unsaturated/α-hetero) is 1. The second kappa shape index (κ2) is 6.61. The van der Waals surface area contributed by atoms with Crippen LogP contribution in [0.3, 0.4) is 0 Å². The fourth-order valence-corrected chi connectivity index (χ4v) is 4.58. The van der Waals surface area contributed by atoms with Crippen molar-refractivity contribution in [2.45, 2.75) is 44.6 Å².